The Kier molecular flexibility index (Phi) is 5.32. The van der Waals surface area contributed by atoms with Crippen molar-refractivity contribution >= 4 is 23.5 Å². The number of urea groups is 1. The number of nitrogens with zero attached hydrogens (tertiary/aromatic N) is 1. The Bertz CT molecular complexity index is 1130. The molecule has 2 aromatic carbocycles. The Morgan fingerprint density at radius 2 is 1.85 bits per heavy atom. The van der Waals surface area contributed by atoms with Gasteiger partial charge in [-0.25, -0.2) is 4.79 Å². The zero-order chi connectivity index (χ0) is 23.1. The quantitative estimate of drug-likeness (QED) is 0.666. The van der Waals surface area contributed by atoms with Gasteiger partial charge in [0, 0.05) is 18.6 Å². The van der Waals surface area contributed by atoms with E-state index in [2.05, 4.69) is 16.0 Å². The fourth-order valence-electron chi connectivity index (χ4n) is 4.53. The van der Waals surface area contributed by atoms with Crippen LogP contribution in [0.1, 0.15) is 37.0 Å². The van der Waals surface area contributed by atoms with E-state index in [0.717, 1.165) is 11.1 Å². The molecule has 3 N–H and O–H groups in total. The molecule has 0 bridgehead atoms. The second-order valence-electron chi connectivity index (χ2n) is 8.83. The van der Waals surface area contributed by atoms with Crippen molar-refractivity contribution in [3.05, 3.63) is 42.0 Å². The van der Waals surface area contributed by atoms with Crippen LogP contribution in [0.15, 0.2) is 36.4 Å². The van der Waals surface area contributed by atoms with E-state index in [0.29, 0.717) is 42.1 Å². The van der Waals surface area contributed by atoms with Crippen molar-refractivity contribution in [2.24, 2.45) is 0 Å². The average Bonchev–Trinajstić information content (AvgIpc) is 3.22. The van der Waals surface area contributed by atoms with Crippen LogP contribution in [0.5, 0.6) is 11.5 Å². The minimum absolute atomic E-state index is 0.0151. The van der Waals surface area contributed by atoms with Crippen LogP contribution in [0.3, 0.4) is 0 Å². The molecule has 2 atom stereocenters. The number of anilines is 1. The van der Waals surface area contributed by atoms with Crippen molar-refractivity contribution in [2.75, 3.05) is 18.7 Å². The maximum absolute atomic E-state index is 13.5. The van der Waals surface area contributed by atoms with E-state index in [4.69, 9.17) is 9.47 Å². The largest absolute Gasteiger partial charge is 0.454 e. The number of hydrogen-bond acceptors (Lipinski definition) is 5. The Balaban J connectivity index is 1.38. The Morgan fingerprint density at radius 3 is 2.67 bits per heavy atom. The van der Waals surface area contributed by atoms with Gasteiger partial charge in [-0.15, -0.1) is 0 Å². The molecule has 0 spiro atoms. The maximum Gasteiger partial charge on any atom is 0.315 e. The highest BCUT2D eigenvalue weighted by atomic mass is 16.7. The smallest absolute Gasteiger partial charge is 0.315 e. The van der Waals surface area contributed by atoms with Crippen molar-refractivity contribution in [3.63, 3.8) is 0 Å². The maximum atomic E-state index is 13.5. The molecule has 0 aromatic heterocycles. The number of benzene rings is 2. The molecule has 3 heterocycles. The number of piperidine rings is 1. The molecule has 2 unspecified atom stereocenters. The van der Waals surface area contributed by atoms with Gasteiger partial charge in [-0.05, 0) is 62.1 Å². The summed E-state index contributed by atoms with van der Waals surface area (Å²) in [5.41, 5.74) is 2.67. The van der Waals surface area contributed by atoms with Crippen LogP contribution in [-0.4, -0.2) is 54.2 Å². The van der Waals surface area contributed by atoms with Crippen molar-refractivity contribution in [1.82, 2.24) is 15.5 Å². The summed E-state index contributed by atoms with van der Waals surface area (Å²) < 4.78 is 10.8. The summed E-state index contributed by atoms with van der Waals surface area (Å²) in [5.74, 6) is 0.922. The van der Waals surface area contributed by atoms with Crippen LogP contribution in [0.25, 0.3) is 11.1 Å². The molecule has 1 saturated heterocycles. The first-order valence-corrected chi connectivity index (χ1v) is 11.1. The lowest BCUT2D eigenvalue weighted by atomic mass is 9.96. The number of hydrogen-bond donors (Lipinski definition) is 3. The summed E-state index contributed by atoms with van der Waals surface area (Å²) >= 11 is 0. The zero-order valence-corrected chi connectivity index (χ0v) is 18.5. The number of rotatable bonds is 3. The molecule has 33 heavy (non-hydrogen) atoms. The molecule has 3 aliphatic rings. The predicted molar refractivity (Wildman–Crippen MR) is 121 cm³/mol. The topological polar surface area (TPSA) is 109 Å². The number of nitrogens with one attached hydrogen (secondary N) is 3. The number of carbonyl (C=O) groups is 3. The normalized spacial score (nSPS) is 21.1. The number of ether oxygens (including phenoxy) is 2. The highest BCUT2D eigenvalue weighted by Crippen LogP contribution is 2.37. The molecular weight excluding hydrogens is 424 g/mol. The Hall–Kier alpha value is -3.75. The van der Waals surface area contributed by atoms with Gasteiger partial charge in [0.2, 0.25) is 12.7 Å². The number of carbonyl (C=O) groups excluding carboxylic acids is 3. The van der Waals surface area contributed by atoms with E-state index < -0.39 is 6.04 Å². The van der Waals surface area contributed by atoms with Crippen LogP contribution in [0, 0.1) is 0 Å². The van der Waals surface area contributed by atoms with Crippen molar-refractivity contribution < 1.29 is 23.9 Å². The summed E-state index contributed by atoms with van der Waals surface area (Å²) in [6.45, 7) is 4.35. The third kappa shape index (κ3) is 4.06. The minimum Gasteiger partial charge on any atom is -0.454 e. The third-order valence-corrected chi connectivity index (χ3v) is 6.13. The standard InChI is InChI=1S/C24H26N4O5/c1-13(2)25-24(31)26-16-7-8-28-19(11-16)22(29)27-18-5-3-14(9-17(18)23(28)30)15-4-6-20-21(10-15)33-12-32-20/h3-6,9-10,13,16,19H,7-8,11-12H2,1-2H3,(H,27,29)(H2,25,26,31). The van der Waals surface area contributed by atoms with Crippen LogP contribution < -0.4 is 25.4 Å². The van der Waals surface area contributed by atoms with Crippen molar-refractivity contribution in [3.8, 4) is 22.6 Å². The Morgan fingerprint density at radius 1 is 1.09 bits per heavy atom. The second kappa shape index (κ2) is 8.31. The van der Waals surface area contributed by atoms with Crippen LogP contribution >= 0.6 is 0 Å². The average molecular weight is 450 g/mol. The molecule has 1 fully saturated rings. The van der Waals surface area contributed by atoms with E-state index in [-0.39, 0.29) is 36.7 Å². The molecule has 9 heteroatoms. The SMILES string of the molecule is CC(C)NC(=O)NC1CCN2C(=O)c3cc(-c4ccc5c(c4)OCO5)ccc3NC(=O)C2C1. The van der Waals surface area contributed by atoms with Gasteiger partial charge in [0.15, 0.2) is 11.5 Å². The van der Waals surface area contributed by atoms with E-state index >= 15 is 0 Å². The highest BCUT2D eigenvalue weighted by molar-refractivity contribution is 6.10. The van der Waals surface area contributed by atoms with E-state index in [1.54, 1.807) is 17.0 Å². The van der Waals surface area contributed by atoms with E-state index in [1.807, 2.05) is 38.1 Å². The van der Waals surface area contributed by atoms with Gasteiger partial charge in [-0.3, -0.25) is 9.59 Å². The molecule has 3 aliphatic heterocycles. The van der Waals surface area contributed by atoms with Gasteiger partial charge >= 0.3 is 6.03 Å². The molecule has 0 radical (unpaired) electrons. The molecule has 2 aromatic rings. The van der Waals surface area contributed by atoms with Crippen molar-refractivity contribution in [2.45, 2.75) is 44.8 Å². The van der Waals surface area contributed by atoms with Gasteiger partial charge in [-0.2, -0.15) is 0 Å². The summed E-state index contributed by atoms with van der Waals surface area (Å²) in [6.07, 6.45) is 0.949. The molecule has 5 rings (SSSR count). The summed E-state index contributed by atoms with van der Waals surface area (Å²) in [6, 6.07) is 10.00. The zero-order valence-electron chi connectivity index (χ0n) is 18.5. The molecule has 4 amide bonds. The number of fused-ring (bicyclic) bond motifs is 3. The fourth-order valence-corrected chi connectivity index (χ4v) is 4.53. The molecular formula is C24H26N4O5. The first-order valence-electron chi connectivity index (χ1n) is 11.1. The fraction of sp³-hybridized carbons (Fsp3) is 0.375. The lowest BCUT2D eigenvalue weighted by molar-refractivity contribution is -0.121. The second-order valence-corrected chi connectivity index (χ2v) is 8.83. The summed E-state index contributed by atoms with van der Waals surface area (Å²) in [7, 11) is 0. The van der Waals surface area contributed by atoms with Gasteiger partial charge in [-0.1, -0.05) is 12.1 Å². The van der Waals surface area contributed by atoms with E-state index in [9.17, 15) is 14.4 Å². The van der Waals surface area contributed by atoms with Crippen LogP contribution in [0.4, 0.5) is 10.5 Å². The highest BCUT2D eigenvalue weighted by Gasteiger charge is 2.40. The van der Waals surface area contributed by atoms with Crippen LogP contribution in [-0.2, 0) is 4.79 Å². The van der Waals surface area contributed by atoms with Crippen LogP contribution in [0.2, 0.25) is 0 Å². The first-order chi connectivity index (χ1) is 15.9. The molecule has 0 aliphatic carbocycles. The van der Waals surface area contributed by atoms with Gasteiger partial charge in [0.25, 0.3) is 5.91 Å². The minimum atomic E-state index is -0.642. The lowest BCUT2D eigenvalue weighted by Crippen LogP contribution is -2.56. The lowest BCUT2D eigenvalue weighted by Gasteiger charge is -2.37. The van der Waals surface area contributed by atoms with Crippen molar-refractivity contribution in [1.29, 1.82) is 0 Å². The van der Waals surface area contributed by atoms with Gasteiger partial charge in [0.05, 0.1) is 11.3 Å². The molecule has 0 saturated carbocycles. The summed E-state index contributed by atoms with van der Waals surface area (Å²) in [4.78, 5) is 40.1. The first kappa shape index (κ1) is 21.1. The monoisotopic (exact) mass is 450 g/mol. The molecule has 9 nitrogen and oxygen atoms in total. The predicted octanol–water partition coefficient (Wildman–Crippen LogP) is 2.72. The third-order valence-electron chi connectivity index (χ3n) is 6.13. The summed E-state index contributed by atoms with van der Waals surface area (Å²) in [5, 5.41) is 8.62. The Labute approximate surface area is 191 Å². The van der Waals surface area contributed by atoms with Gasteiger partial charge in [0.1, 0.15) is 6.04 Å². The van der Waals surface area contributed by atoms with E-state index in [1.165, 1.54) is 0 Å². The molecule has 172 valence electrons. The van der Waals surface area contributed by atoms with Gasteiger partial charge < -0.3 is 30.3 Å². The number of amides is 4.